The van der Waals surface area contributed by atoms with Crippen molar-refractivity contribution in [1.29, 1.82) is 0 Å². The summed E-state index contributed by atoms with van der Waals surface area (Å²) >= 11 is 5.20. The van der Waals surface area contributed by atoms with Crippen LogP contribution in [0.1, 0.15) is 34.1 Å². The van der Waals surface area contributed by atoms with Crippen LogP contribution in [0.5, 0.6) is 0 Å². The number of hydrogen-bond donors (Lipinski definition) is 1. The first kappa shape index (κ1) is 18.7. The predicted molar refractivity (Wildman–Crippen MR) is 92.1 cm³/mol. The number of carbonyl (C=O) groups excluding carboxylic acids is 1. The minimum absolute atomic E-state index is 0.112. The Balaban J connectivity index is 2.79. The molecule has 0 aromatic carbocycles. The minimum Gasteiger partial charge on any atom is -0.512 e. The molecule has 0 aromatic heterocycles. The lowest BCUT2D eigenvalue weighted by atomic mass is 9.85. The number of amides is 1. The maximum Gasteiger partial charge on any atom is 0.410 e. The molecule has 1 aliphatic rings. The first-order valence-corrected chi connectivity index (χ1v) is 8.02. The first-order chi connectivity index (χ1) is 10.0. The van der Waals surface area contributed by atoms with Crippen LogP contribution in [-0.2, 0) is 4.74 Å². The van der Waals surface area contributed by atoms with Gasteiger partial charge in [0.2, 0.25) is 0 Å². The average Bonchev–Trinajstić information content (AvgIpc) is 2.36. The molecule has 0 spiro atoms. The zero-order chi connectivity index (χ0) is 17.1. The number of likely N-dealkylation sites (N-methyl/N-ethyl adjacent to an activating group) is 1. The van der Waals surface area contributed by atoms with Crippen LogP contribution < -0.4 is 0 Å². The van der Waals surface area contributed by atoms with E-state index in [-0.39, 0.29) is 17.8 Å². The summed E-state index contributed by atoms with van der Waals surface area (Å²) in [4.78, 5) is 16.2. The van der Waals surface area contributed by atoms with Gasteiger partial charge >= 0.3 is 6.09 Å². The summed E-state index contributed by atoms with van der Waals surface area (Å²) in [7, 11) is 3.67. The Labute approximate surface area is 138 Å². The highest BCUT2D eigenvalue weighted by atomic mass is 32.1. The van der Waals surface area contributed by atoms with E-state index in [9.17, 15) is 9.90 Å². The third-order valence-corrected chi connectivity index (χ3v) is 4.19. The molecule has 1 saturated heterocycles. The van der Waals surface area contributed by atoms with E-state index in [1.54, 1.807) is 15.9 Å². The number of aliphatic hydroxyl groups excluding tert-OH is 1. The van der Waals surface area contributed by atoms with Gasteiger partial charge in [-0.15, -0.1) is 0 Å². The lowest BCUT2D eigenvalue weighted by Gasteiger charge is -2.37. The maximum atomic E-state index is 12.2. The van der Waals surface area contributed by atoms with Gasteiger partial charge in [0, 0.05) is 39.2 Å². The summed E-state index contributed by atoms with van der Waals surface area (Å²) in [5.74, 6) is 0.415. The molecule has 2 unspecified atom stereocenters. The molecule has 2 atom stereocenters. The van der Waals surface area contributed by atoms with Crippen molar-refractivity contribution >= 4 is 23.3 Å². The van der Waals surface area contributed by atoms with Gasteiger partial charge in [0.1, 0.15) is 16.3 Å². The summed E-state index contributed by atoms with van der Waals surface area (Å²) in [5, 5.41) is 10.4. The van der Waals surface area contributed by atoms with Crippen molar-refractivity contribution in [2.75, 3.05) is 27.2 Å². The van der Waals surface area contributed by atoms with Gasteiger partial charge in [0.15, 0.2) is 0 Å². The normalized spacial score (nSPS) is 23.2. The predicted octanol–water partition coefficient (Wildman–Crippen LogP) is 3.21. The number of nitrogens with zero attached hydrogens (tertiary/aromatic N) is 2. The SMILES string of the molecule is CC1CCN(C(=O)OC(C)(C)C)CC1C(O)=CC(=S)N(C)C. The van der Waals surface area contributed by atoms with Crippen LogP contribution in [0.3, 0.4) is 0 Å². The quantitative estimate of drug-likeness (QED) is 0.479. The van der Waals surface area contributed by atoms with Crippen molar-refractivity contribution in [2.45, 2.75) is 39.7 Å². The first-order valence-electron chi connectivity index (χ1n) is 7.61. The van der Waals surface area contributed by atoms with E-state index in [1.165, 1.54) is 0 Å². The summed E-state index contributed by atoms with van der Waals surface area (Å²) < 4.78 is 5.41. The van der Waals surface area contributed by atoms with Crippen LogP contribution in [0, 0.1) is 11.8 Å². The van der Waals surface area contributed by atoms with Gasteiger partial charge in [0.05, 0.1) is 0 Å². The van der Waals surface area contributed by atoms with Gasteiger partial charge in [-0.05, 0) is 33.1 Å². The molecule has 126 valence electrons. The van der Waals surface area contributed by atoms with Gasteiger partial charge in [-0.3, -0.25) is 0 Å². The summed E-state index contributed by atoms with van der Waals surface area (Å²) in [6, 6.07) is 0. The Morgan fingerprint density at radius 2 is 2.00 bits per heavy atom. The van der Waals surface area contributed by atoms with Crippen LogP contribution in [0.4, 0.5) is 4.79 Å². The molecule has 0 saturated carbocycles. The van der Waals surface area contributed by atoms with E-state index in [1.807, 2.05) is 34.9 Å². The monoisotopic (exact) mass is 328 g/mol. The summed E-state index contributed by atoms with van der Waals surface area (Å²) in [6.07, 6.45) is 2.11. The Morgan fingerprint density at radius 3 is 2.50 bits per heavy atom. The summed E-state index contributed by atoms with van der Waals surface area (Å²) in [6.45, 7) is 8.73. The lowest BCUT2D eigenvalue weighted by molar-refractivity contribution is 0.0114. The second kappa shape index (κ2) is 7.31. The molecule has 1 N–H and O–H groups in total. The van der Waals surface area contributed by atoms with Crippen LogP contribution in [0.2, 0.25) is 0 Å². The van der Waals surface area contributed by atoms with Crippen molar-refractivity contribution in [2.24, 2.45) is 11.8 Å². The number of piperidine rings is 1. The number of likely N-dealkylation sites (tertiary alicyclic amines) is 1. The van der Waals surface area contributed by atoms with Crippen LogP contribution in [-0.4, -0.2) is 58.8 Å². The highest BCUT2D eigenvalue weighted by Gasteiger charge is 2.33. The van der Waals surface area contributed by atoms with E-state index in [0.717, 1.165) is 6.42 Å². The Hall–Kier alpha value is -1.30. The Bertz CT molecular complexity index is 455. The number of rotatable bonds is 2. The zero-order valence-electron chi connectivity index (χ0n) is 14.4. The number of thiocarbonyl (C=S) groups is 1. The fourth-order valence-electron chi connectivity index (χ4n) is 2.31. The van der Waals surface area contributed by atoms with E-state index in [4.69, 9.17) is 17.0 Å². The van der Waals surface area contributed by atoms with Crippen molar-refractivity contribution in [3.63, 3.8) is 0 Å². The molecule has 0 radical (unpaired) electrons. The highest BCUT2D eigenvalue weighted by Crippen LogP contribution is 2.29. The van der Waals surface area contributed by atoms with Gasteiger partial charge in [-0.25, -0.2) is 4.79 Å². The third-order valence-electron chi connectivity index (χ3n) is 3.70. The smallest absolute Gasteiger partial charge is 0.410 e. The molecular weight excluding hydrogens is 300 g/mol. The van der Waals surface area contributed by atoms with Gasteiger partial charge in [0.25, 0.3) is 0 Å². The number of carbonyl (C=O) groups is 1. The van der Waals surface area contributed by atoms with Gasteiger partial charge in [-0.2, -0.15) is 0 Å². The van der Waals surface area contributed by atoms with Gasteiger partial charge in [-0.1, -0.05) is 19.1 Å². The zero-order valence-corrected chi connectivity index (χ0v) is 15.2. The van der Waals surface area contributed by atoms with Crippen LogP contribution >= 0.6 is 12.2 Å². The molecule has 6 heteroatoms. The highest BCUT2D eigenvalue weighted by molar-refractivity contribution is 7.80. The fourth-order valence-corrected chi connectivity index (χ4v) is 2.43. The van der Waals surface area contributed by atoms with E-state index in [0.29, 0.717) is 24.0 Å². The molecule has 1 amide bonds. The standard InChI is InChI=1S/C16H28N2O3S/c1-11-7-8-18(15(20)21-16(2,3)4)10-12(11)13(19)9-14(22)17(5)6/h9,11-12,19H,7-8,10H2,1-6H3. The van der Waals surface area contributed by atoms with E-state index < -0.39 is 5.60 Å². The molecule has 0 aromatic rings. The molecule has 0 bridgehead atoms. The molecular formula is C16H28N2O3S. The number of ether oxygens (including phenoxy) is 1. The molecule has 0 aliphatic carbocycles. The molecule has 22 heavy (non-hydrogen) atoms. The Kier molecular flexibility index (Phi) is 6.23. The van der Waals surface area contributed by atoms with E-state index >= 15 is 0 Å². The van der Waals surface area contributed by atoms with Crippen molar-refractivity contribution in [3.05, 3.63) is 11.8 Å². The topological polar surface area (TPSA) is 53.0 Å². The Morgan fingerprint density at radius 1 is 1.41 bits per heavy atom. The van der Waals surface area contributed by atoms with Crippen molar-refractivity contribution in [3.8, 4) is 0 Å². The molecule has 1 rings (SSSR count). The number of aliphatic hydroxyl groups is 1. The minimum atomic E-state index is -0.514. The maximum absolute atomic E-state index is 12.2. The second-order valence-corrected chi connectivity index (χ2v) is 7.52. The van der Waals surface area contributed by atoms with Gasteiger partial charge < -0.3 is 19.6 Å². The third kappa shape index (κ3) is 5.48. The van der Waals surface area contributed by atoms with Crippen molar-refractivity contribution < 1.29 is 14.6 Å². The lowest BCUT2D eigenvalue weighted by Crippen LogP contribution is -2.46. The molecule has 1 aliphatic heterocycles. The largest absolute Gasteiger partial charge is 0.512 e. The second-order valence-electron chi connectivity index (χ2n) is 7.10. The van der Waals surface area contributed by atoms with E-state index in [2.05, 4.69) is 6.92 Å². The molecule has 1 heterocycles. The molecule has 1 fully saturated rings. The number of hydrogen-bond acceptors (Lipinski definition) is 4. The van der Waals surface area contributed by atoms with Crippen LogP contribution in [0.25, 0.3) is 0 Å². The summed E-state index contributed by atoms with van der Waals surface area (Å²) in [5.41, 5.74) is -0.514. The van der Waals surface area contributed by atoms with Crippen molar-refractivity contribution in [1.82, 2.24) is 9.80 Å². The molecule has 5 nitrogen and oxygen atoms in total. The average molecular weight is 328 g/mol. The fraction of sp³-hybridized carbons (Fsp3) is 0.750. The van der Waals surface area contributed by atoms with Crippen LogP contribution in [0.15, 0.2) is 11.8 Å².